The van der Waals surface area contributed by atoms with Crippen molar-refractivity contribution in [3.63, 3.8) is 0 Å². The van der Waals surface area contributed by atoms with Crippen LogP contribution in [0.4, 0.5) is 0 Å². The number of hydrogen-bond acceptors (Lipinski definition) is 2. The van der Waals surface area contributed by atoms with E-state index in [1.54, 1.807) is 0 Å². The zero-order valence-corrected chi connectivity index (χ0v) is 9.45. The first-order valence-corrected chi connectivity index (χ1v) is 5.89. The standard InChI is InChI=1S/C9H19NO2S/c1-8(2)7-9(5-4-6-9)10-13(11)12-3/h8,10H,4-7H2,1-3H3. The van der Waals surface area contributed by atoms with Gasteiger partial charge in [0.2, 0.25) is 11.3 Å². The molecule has 3 nitrogen and oxygen atoms in total. The molecule has 0 aromatic carbocycles. The van der Waals surface area contributed by atoms with E-state index in [2.05, 4.69) is 18.6 Å². The highest BCUT2D eigenvalue weighted by Crippen LogP contribution is 2.37. The summed E-state index contributed by atoms with van der Waals surface area (Å²) in [6, 6.07) is 0. The lowest BCUT2D eigenvalue weighted by atomic mass is 9.73. The van der Waals surface area contributed by atoms with Crippen molar-refractivity contribution in [3.05, 3.63) is 0 Å². The molecule has 1 N–H and O–H groups in total. The molecule has 0 bridgehead atoms. The van der Waals surface area contributed by atoms with E-state index in [4.69, 9.17) is 4.18 Å². The minimum atomic E-state index is -1.31. The normalized spacial score (nSPS) is 22.8. The first-order chi connectivity index (χ1) is 6.08. The fraction of sp³-hybridized carbons (Fsp3) is 1.00. The molecule has 1 atom stereocenters. The highest BCUT2D eigenvalue weighted by atomic mass is 32.2. The Morgan fingerprint density at radius 3 is 2.46 bits per heavy atom. The van der Waals surface area contributed by atoms with Gasteiger partial charge in [0, 0.05) is 5.54 Å². The lowest BCUT2D eigenvalue weighted by Crippen LogP contribution is -2.52. The summed E-state index contributed by atoms with van der Waals surface area (Å²) in [7, 11) is 1.46. The van der Waals surface area contributed by atoms with Crippen LogP contribution in [0.15, 0.2) is 0 Å². The summed E-state index contributed by atoms with van der Waals surface area (Å²) in [6.45, 7) is 4.38. The second-order valence-corrected chi connectivity index (χ2v) is 5.24. The average Bonchev–Trinajstić information content (AvgIpc) is 1.99. The van der Waals surface area contributed by atoms with Crippen LogP contribution in [0.1, 0.15) is 39.5 Å². The highest BCUT2D eigenvalue weighted by molar-refractivity contribution is 7.78. The highest BCUT2D eigenvalue weighted by Gasteiger charge is 2.38. The summed E-state index contributed by atoms with van der Waals surface area (Å²) in [6.07, 6.45) is 4.57. The number of nitrogens with one attached hydrogen (secondary N) is 1. The van der Waals surface area contributed by atoms with Crippen molar-refractivity contribution < 1.29 is 8.39 Å². The Balaban J connectivity index is 2.44. The van der Waals surface area contributed by atoms with E-state index < -0.39 is 11.3 Å². The largest absolute Gasteiger partial charge is 0.282 e. The molecule has 0 aromatic rings. The molecule has 1 saturated carbocycles. The van der Waals surface area contributed by atoms with Gasteiger partial charge in [-0.25, -0.2) is 8.93 Å². The molecule has 0 heterocycles. The minimum absolute atomic E-state index is 0.0923. The smallest absolute Gasteiger partial charge is 0.234 e. The minimum Gasteiger partial charge on any atom is -0.282 e. The SMILES string of the molecule is COS(=O)NC1(CC(C)C)CCC1. The van der Waals surface area contributed by atoms with Crippen molar-refractivity contribution in [1.82, 2.24) is 4.72 Å². The third-order valence-corrected chi connectivity index (χ3v) is 3.46. The monoisotopic (exact) mass is 205 g/mol. The molecular weight excluding hydrogens is 186 g/mol. The second-order valence-electron chi connectivity index (χ2n) is 4.24. The van der Waals surface area contributed by atoms with Crippen LogP contribution in [0.3, 0.4) is 0 Å². The van der Waals surface area contributed by atoms with Gasteiger partial charge in [-0.1, -0.05) is 13.8 Å². The lowest BCUT2D eigenvalue weighted by Gasteiger charge is -2.42. The summed E-state index contributed by atoms with van der Waals surface area (Å²) < 4.78 is 19.0. The molecule has 13 heavy (non-hydrogen) atoms. The average molecular weight is 205 g/mol. The Bertz CT molecular complexity index is 190. The molecule has 0 aliphatic heterocycles. The van der Waals surface area contributed by atoms with Gasteiger partial charge in [0.15, 0.2) is 0 Å². The summed E-state index contributed by atoms with van der Waals surface area (Å²) in [5.74, 6) is 0.640. The van der Waals surface area contributed by atoms with Crippen molar-refractivity contribution in [1.29, 1.82) is 0 Å². The molecule has 1 aliphatic carbocycles. The molecule has 1 rings (SSSR count). The molecule has 78 valence electrons. The molecule has 4 heteroatoms. The molecule has 0 radical (unpaired) electrons. The van der Waals surface area contributed by atoms with Gasteiger partial charge in [-0.15, -0.1) is 0 Å². The van der Waals surface area contributed by atoms with Crippen LogP contribution in [0.5, 0.6) is 0 Å². The van der Waals surface area contributed by atoms with Crippen LogP contribution >= 0.6 is 0 Å². The summed E-state index contributed by atoms with van der Waals surface area (Å²) in [4.78, 5) is 0. The van der Waals surface area contributed by atoms with Crippen LogP contribution in [-0.4, -0.2) is 16.9 Å². The van der Waals surface area contributed by atoms with Gasteiger partial charge in [-0.05, 0) is 31.6 Å². The molecule has 0 amide bonds. The van der Waals surface area contributed by atoms with E-state index >= 15 is 0 Å². The predicted molar refractivity (Wildman–Crippen MR) is 54.3 cm³/mol. The molecule has 0 spiro atoms. The maximum atomic E-state index is 11.2. The Labute approximate surface area is 83.0 Å². The molecule has 1 unspecified atom stereocenters. The zero-order valence-electron chi connectivity index (χ0n) is 8.63. The fourth-order valence-corrected chi connectivity index (χ4v) is 2.68. The van der Waals surface area contributed by atoms with Gasteiger partial charge >= 0.3 is 0 Å². The Hall–Kier alpha value is 0.0700. The quantitative estimate of drug-likeness (QED) is 0.743. The molecule has 0 aromatic heterocycles. The van der Waals surface area contributed by atoms with Crippen molar-refractivity contribution in [3.8, 4) is 0 Å². The first-order valence-electron chi connectivity index (χ1n) is 4.82. The maximum absolute atomic E-state index is 11.2. The molecule has 1 aliphatic rings. The van der Waals surface area contributed by atoms with Crippen molar-refractivity contribution >= 4 is 11.3 Å². The Kier molecular flexibility index (Phi) is 3.88. The zero-order chi connectivity index (χ0) is 9.90. The van der Waals surface area contributed by atoms with Crippen LogP contribution in [0.25, 0.3) is 0 Å². The lowest BCUT2D eigenvalue weighted by molar-refractivity contribution is 0.180. The topological polar surface area (TPSA) is 38.3 Å². The van der Waals surface area contributed by atoms with E-state index in [0.29, 0.717) is 5.92 Å². The second kappa shape index (κ2) is 4.53. The number of hydrogen-bond donors (Lipinski definition) is 1. The van der Waals surface area contributed by atoms with Crippen LogP contribution in [-0.2, 0) is 15.4 Å². The first kappa shape index (κ1) is 11.1. The van der Waals surface area contributed by atoms with Gasteiger partial charge < -0.3 is 0 Å². The third kappa shape index (κ3) is 3.04. The predicted octanol–water partition coefficient (Wildman–Crippen LogP) is 1.77. The van der Waals surface area contributed by atoms with Crippen molar-refractivity contribution in [2.75, 3.05) is 7.11 Å². The van der Waals surface area contributed by atoms with Crippen molar-refractivity contribution in [2.45, 2.75) is 45.1 Å². The van der Waals surface area contributed by atoms with Gasteiger partial charge in [-0.2, -0.15) is 0 Å². The van der Waals surface area contributed by atoms with Gasteiger partial charge in [0.1, 0.15) is 0 Å². The number of rotatable bonds is 5. The van der Waals surface area contributed by atoms with E-state index in [9.17, 15) is 4.21 Å². The van der Waals surface area contributed by atoms with Gasteiger partial charge in [0.25, 0.3) is 0 Å². The van der Waals surface area contributed by atoms with E-state index in [1.807, 2.05) is 0 Å². The van der Waals surface area contributed by atoms with Crippen LogP contribution in [0.2, 0.25) is 0 Å². The van der Waals surface area contributed by atoms with Gasteiger partial charge in [-0.3, -0.25) is 4.18 Å². The van der Waals surface area contributed by atoms with Crippen molar-refractivity contribution in [2.24, 2.45) is 5.92 Å². The van der Waals surface area contributed by atoms with Crippen LogP contribution in [0, 0.1) is 5.92 Å². The summed E-state index contributed by atoms with van der Waals surface area (Å²) >= 11 is -1.31. The fourth-order valence-electron chi connectivity index (χ4n) is 1.95. The summed E-state index contributed by atoms with van der Waals surface area (Å²) in [5, 5.41) is 0. The van der Waals surface area contributed by atoms with Crippen LogP contribution < -0.4 is 4.72 Å². The summed E-state index contributed by atoms with van der Waals surface area (Å²) in [5.41, 5.74) is 0.0923. The Morgan fingerprint density at radius 2 is 2.15 bits per heavy atom. The molecular formula is C9H19NO2S. The van der Waals surface area contributed by atoms with E-state index in [-0.39, 0.29) is 5.54 Å². The Morgan fingerprint density at radius 1 is 1.54 bits per heavy atom. The third-order valence-electron chi connectivity index (χ3n) is 2.56. The maximum Gasteiger partial charge on any atom is 0.234 e. The van der Waals surface area contributed by atoms with E-state index in [1.165, 1.54) is 13.5 Å². The van der Waals surface area contributed by atoms with E-state index in [0.717, 1.165) is 19.3 Å². The molecule has 0 saturated heterocycles. The van der Waals surface area contributed by atoms with Gasteiger partial charge in [0.05, 0.1) is 7.11 Å². The molecule has 1 fully saturated rings.